The number of carbonyl (C=O) groups excluding carboxylic acids is 2. The zero-order valence-electron chi connectivity index (χ0n) is 23.3. The number of methoxy groups -OCH3 is 1. The van der Waals surface area contributed by atoms with Crippen LogP contribution >= 0.6 is 0 Å². The normalized spacial score (nSPS) is 15.0. The first-order chi connectivity index (χ1) is 18.8. The summed E-state index contributed by atoms with van der Waals surface area (Å²) in [4.78, 5) is 31.6. The van der Waals surface area contributed by atoms with Gasteiger partial charge in [0.1, 0.15) is 17.4 Å². The van der Waals surface area contributed by atoms with E-state index >= 15 is 0 Å². The molecule has 3 aromatic rings. The summed E-state index contributed by atoms with van der Waals surface area (Å²) in [5.41, 5.74) is 8.89. The van der Waals surface area contributed by atoms with Crippen molar-refractivity contribution in [1.29, 1.82) is 0 Å². The van der Waals surface area contributed by atoms with Gasteiger partial charge in [0, 0.05) is 25.6 Å². The maximum Gasteiger partial charge on any atom is 0.246 e. The van der Waals surface area contributed by atoms with Gasteiger partial charge in [-0.3, -0.25) is 9.59 Å². The highest BCUT2D eigenvalue weighted by atomic mass is 16.5. The largest absolute Gasteiger partial charge is 0.497 e. The number of hydrogen-bond acceptors (Lipinski definition) is 5. The maximum absolute atomic E-state index is 14.0. The molecule has 8 heteroatoms. The molecule has 1 aliphatic heterocycles. The van der Waals surface area contributed by atoms with E-state index in [0.717, 1.165) is 41.8 Å². The summed E-state index contributed by atoms with van der Waals surface area (Å²) in [6, 6.07) is 15.6. The second kappa shape index (κ2) is 12.9. The number of aromatic nitrogens is 2. The molecule has 1 atom stereocenters. The van der Waals surface area contributed by atoms with Gasteiger partial charge in [0.05, 0.1) is 32.2 Å². The van der Waals surface area contributed by atoms with Gasteiger partial charge in [-0.2, -0.15) is 0 Å². The van der Waals surface area contributed by atoms with Crippen molar-refractivity contribution in [2.75, 3.05) is 26.8 Å². The molecule has 2 amide bonds. The smallest absolute Gasteiger partial charge is 0.246 e. The SMILES string of the molecule is CCCCCOC1(c2ccccc2C)CN(C(=O)[C@@H](Cc2ccc(OC)cc2)n2cnc(CCC(N)=O)c2)C1. The Hall–Kier alpha value is -3.65. The lowest BCUT2D eigenvalue weighted by Gasteiger charge is -2.51. The van der Waals surface area contributed by atoms with Crippen LogP contribution in [-0.4, -0.2) is 53.1 Å². The van der Waals surface area contributed by atoms with Crippen molar-refractivity contribution in [3.8, 4) is 5.75 Å². The van der Waals surface area contributed by atoms with Crippen molar-refractivity contribution >= 4 is 11.8 Å². The van der Waals surface area contributed by atoms with Crippen molar-refractivity contribution in [2.45, 2.75) is 64.0 Å². The molecule has 0 unspecified atom stereocenters. The van der Waals surface area contributed by atoms with Gasteiger partial charge < -0.3 is 24.7 Å². The second-order valence-electron chi connectivity index (χ2n) is 10.4. The fourth-order valence-corrected chi connectivity index (χ4v) is 5.22. The average molecular weight is 533 g/mol. The summed E-state index contributed by atoms with van der Waals surface area (Å²) in [7, 11) is 1.63. The van der Waals surface area contributed by atoms with Gasteiger partial charge in [-0.25, -0.2) is 4.98 Å². The Kier molecular flexibility index (Phi) is 9.41. The number of carbonyl (C=O) groups is 2. The first kappa shape index (κ1) is 28.4. The Balaban J connectivity index is 1.56. The van der Waals surface area contributed by atoms with Crippen molar-refractivity contribution in [3.63, 3.8) is 0 Å². The first-order valence-corrected chi connectivity index (χ1v) is 13.8. The Morgan fingerprint density at radius 1 is 1.10 bits per heavy atom. The van der Waals surface area contributed by atoms with Crippen LogP contribution in [0.5, 0.6) is 5.75 Å². The molecular formula is C31H40N4O4. The lowest BCUT2D eigenvalue weighted by atomic mass is 9.82. The molecule has 0 saturated carbocycles. The van der Waals surface area contributed by atoms with Gasteiger partial charge in [0.2, 0.25) is 11.8 Å². The summed E-state index contributed by atoms with van der Waals surface area (Å²) in [5.74, 6) is 0.414. The number of rotatable bonds is 14. The third-order valence-electron chi connectivity index (χ3n) is 7.48. The number of nitrogens with zero attached hydrogens (tertiary/aromatic N) is 3. The molecule has 2 N–H and O–H groups in total. The summed E-state index contributed by atoms with van der Waals surface area (Å²) in [5, 5.41) is 0. The predicted octanol–water partition coefficient (Wildman–Crippen LogP) is 4.35. The van der Waals surface area contributed by atoms with Gasteiger partial charge in [-0.15, -0.1) is 0 Å². The molecule has 4 rings (SSSR count). The number of aryl methyl sites for hydroxylation is 2. The van der Waals surface area contributed by atoms with E-state index in [4.69, 9.17) is 15.2 Å². The van der Waals surface area contributed by atoms with Crippen molar-refractivity contribution in [1.82, 2.24) is 14.5 Å². The third-order valence-corrected chi connectivity index (χ3v) is 7.48. The topological polar surface area (TPSA) is 99.7 Å². The van der Waals surface area contributed by atoms with Crippen LogP contribution in [0.1, 0.15) is 61.0 Å². The van der Waals surface area contributed by atoms with Gasteiger partial charge in [-0.1, -0.05) is 56.2 Å². The van der Waals surface area contributed by atoms with Crippen LogP contribution in [0.15, 0.2) is 61.1 Å². The fraction of sp³-hybridized carbons (Fsp3) is 0.452. The fourth-order valence-electron chi connectivity index (χ4n) is 5.22. The van der Waals surface area contributed by atoms with Crippen LogP contribution in [-0.2, 0) is 32.8 Å². The molecule has 8 nitrogen and oxygen atoms in total. The lowest BCUT2D eigenvalue weighted by molar-refractivity contribution is -0.176. The monoisotopic (exact) mass is 532 g/mol. The number of nitrogens with two attached hydrogens (primary N) is 1. The van der Waals surface area contributed by atoms with E-state index < -0.39 is 11.6 Å². The van der Waals surface area contributed by atoms with Crippen LogP contribution < -0.4 is 10.5 Å². The number of imidazole rings is 1. The molecule has 1 aromatic heterocycles. The second-order valence-corrected chi connectivity index (χ2v) is 10.4. The molecule has 2 heterocycles. The number of likely N-dealkylation sites (tertiary alicyclic amines) is 1. The van der Waals surface area contributed by atoms with E-state index in [1.54, 1.807) is 13.4 Å². The Bertz CT molecular complexity index is 1250. The number of amides is 2. The molecule has 208 valence electrons. The Labute approximate surface area is 231 Å². The quantitative estimate of drug-likeness (QED) is 0.311. The molecule has 0 bridgehead atoms. The minimum Gasteiger partial charge on any atom is -0.497 e. The van der Waals surface area contributed by atoms with Crippen LogP contribution in [0, 0.1) is 6.92 Å². The number of hydrogen-bond donors (Lipinski definition) is 1. The van der Waals surface area contributed by atoms with Crippen LogP contribution in [0.3, 0.4) is 0 Å². The number of benzene rings is 2. The highest BCUT2D eigenvalue weighted by Gasteiger charge is 2.49. The summed E-state index contributed by atoms with van der Waals surface area (Å²) in [6.45, 7) is 5.96. The lowest BCUT2D eigenvalue weighted by Crippen LogP contribution is -2.64. The standard InChI is InChI=1S/C31H40N4O4/c1-4-5-8-17-39-31(27-10-7-6-9-23(27)2)20-35(21-31)30(37)28(18-24-11-14-26(38-3)15-12-24)34-19-25(33-22-34)13-16-29(32)36/h6-7,9-12,14-15,19,22,28H,4-5,8,13,16-18,20-21H2,1-3H3,(H2,32,36)/t28-/m1/s1. The molecular weight excluding hydrogens is 492 g/mol. The van der Waals surface area contributed by atoms with Gasteiger partial charge >= 0.3 is 0 Å². The summed E-state index contributed by atoms with van der Waals surface area (Å²) >= 11 is 0. The first-order valence-electron chi connectivity index (χ1n) is 13.8. The third kappa shape index (κ3) is 6.87. The minimum atomic E-state index is -0.499. The molecule has 1 fully saturated rings. The van der Waals surface area contributed by atoms with E-state index in [1.165, 1.54) is 5.56 Å². The van der Waals surface area contributed by atoms with Gasteiger partial charge in [-0.05, 0) is 48.6 Å². The Morgan fingerprint density at radius 3 is 2.51 bits per heavy atom. The predicted molar refractivity (Wildman–Crippen MR) is 150 cm³/mol. The summed E-state index contributed by atoms with van der Waals surface area (Å²) in [6.07, 6.45) is 7.94. The van der Waals surface area contributed by atoms with Crippen molar-refractivity contribution < 1.29 is 19.1 Å². The van der Waals surface area contributed by atoms with Crippen LogP contribution in [0.25, 0.3) is 0 Å². The van der Waals surface area contributed by atoms with E-state index in [-0.39, 0.29) is 18.2 Å². The zero-order chi connectivity index (χ0) is 27.8. The van der Waals surface area contributed by atoms with E-state index in [2.05, 4.69) is 31.0 Å². The molecule has 0 radical (unpaired) electrons. The highest BCUT2D eigenvalue weighted by molar-refractivity contribution is 5.82. The van der Waals surface area contributed by atoms with Crippen molar-refractivity contribution in [3.05, 3.63) is 83.4 Å². The highest BCUT2D eigenvalue weighted by Crippen LogP contribution is 2.39. The molecule has 2 aromatic carbocycles. The van der Waals surface area contributed by atoms with Crippen molar-refractivity contribution in [2.24, 2.45) is 5.73 Å². The molecule has 0 spiro atoms. The van der Waals surface area contributed by atoms with Crippen LogP contribution in [0.4, 0.5) is 0 Å². The van der Waals surface area contributed by atoms with Gasteiger partial charge in [0.15, 0.2) is 0 Å². The van der Waals surface area contributed by atoms with E-state index in [9.17, 15) is 9.59 Å². The maximum atomic E-state index is 14.0. The summed E-state index contributed by atoms with van der Waals surface area (Å²) < 4.78 is 13.7. The average Bonchev–Trinajstić information content (AvgIpc) is 3.39. The van der Waals surface area contributed by atoms with Crippen LogP contribution in [0.2, 0.25) is 0 Å². The molecule has 0 aliphatic carbocycles. The molecule has 1 aliphatic rings. The Morgan fingerprint density at radius 2 is 1.85 bits per heavy atom. The van der Waals surface area contributed by atoms with E-state index in [0.29, 0.717) is 32.5 Å². The molecule has 1 saturated heterocycles. The van der Waals surface area contributed by atoms with Gasteiger partial charge in [0.25, 0.3) is 0 Å². The number of unbranched alkanes of at least 4 members (excludes halogenated alkanes) is 2. The number of ether oxygens (including phenoxy) is 2. The number of primary amides is 1. The minimum absolute atomic E-state index is 0.0195. The van der Waals surface area contributed by atoms with E-state index in [1.807, 2.05) is 52.1 Å². The molecule has 39 heavy (non-hydrogen) atoms. The zero-order valence-corrected chi connectivity index (χ0v) is 23.3.